The van der Waals surface area contributed by atoms with E-state index in [0.717, 1.165) is 28.0 Å². The second-order valence-corrected chi connectivity index (χ2v) is 6.41. The number of carbonyl (C=O) groups is 1. The van der Waals surface area contributed by atoms with Gasteiger partial charge < -0.3 is 18.8 Å². The molecule has 7 heteroatoms. The molecule has 1 aromatic carbocycles. The van der Waals surface area contributed by atoms with Gasteiger partial charge >= 0.3 is 0 Å². The van der Waals surface area contributed by atoms with Crippen molar-refractivity contribution < 1.29 is 18.3 Å². The predicted octanol–water partition coefficient (Wildman–Crippen LogP) is 3.94. The topological polar surface area (TPSA) is 94.3 Å². The molecule has 4 aromatic rings. The van der Waals surface area contributed by atoms with Crippen molar-refractivity contribution in [1.82, 2.24) is 15.6 Å². The van der Waals surface area contributed by atoms with E-state index in [0.29, 0.717) is 36.6 Å². The Morgan fingerprint density at radius 1 is 1.07 bits per heavy atom. The number of benzene rings is 1. The van der Waals surface area contributed by atoms with Gasteiger partial charge in [-0.2, -0.15) is 0 Å². The van der Waals surface area contributed by atoms with E-state index in [9.17, 15) is 4.79 Å². The standard InChI is InChI=1S/C20H19N3O4/c1-12-16(13(2)26-22-12)7-8-20(24)21-11-15-10-19(27-23-15)18-9-14-5-3-4-6-17(14)25-18/h3-6,9-10H,7-8,11H2,1-2H3,(H,21,24). The number of furan rings is 1. The zero-order valence-corrected chi connectivity index (χ0v) is 15.1. The molecule has 0 atom stereocenters. The highest BCUT2D eigenvalue weighted by Crippen LogP contribution is 2.28. The van der Waals surface area contributed by atoms with E-state index in [1.807, 2.05) is 44.2 Å². The number of hydrogen-bond donors (Lipinski definition) is 1. The lowest BCUT2D eigenvalue weighted by Crippen LogP contribution is -2.23. The van der Waals surface area contributed by atoms with Crippen LogP contribution in [0.2, 0.25) is 0 Å². The number of carbonyl (C=O) groups excluding carboxylic acids is 1. The number of amides is 1. The van der Waals surface area contributed by atoms with Crippen LogP contribution in [0.1, 0.15) is 29.1 Å². The van der Waals surface area contributed by atoms with Crippen LogP contribution >= 0.6 is 0 Å². The number of hydrogen-bond acceptors (Lipinski definition) is 6. The zero-order valence-electron chi connectivity index (χ0n) is 15.1. The summed E-state index contributed by atoms with van der Waals surface area (Å²) in [5.41, 5.74) is 3.24. The maximum absolute atomic E-state index is 12.1. The summed E-state index contributed by atoms with van der Waals surface area (Å²) in [6.45, 7) is 4.02. The highest BCUT2D eigenvalue weighted by molar-refractivity contribution is 5.81. The highest BCUT2D eigenvalue weighted by Gasteiger charge is 2.14. The summed E-state index contributed by atoms with van der Waals surface area (Å²) in [6.07, 6.45) is 0.952. The molecule has 1 amide bonds. The van der Waals surface area contributed by atoms with Crippen LogP contribution in [0.4, 0.5) is 0 Å². The predicted molar refractivity (Wildman–Crippen MR) is 97.9 cm³/mol. The summed E-state index contributed by atoms with van der Waals surface area (Å²) in [7, 11) is 0. The minimum absolute atomic E-state index is 0.0664. The lowest BCUT2D eigenvalue weighted by molar-refractivity contribution is -0.121. The lowest BCUT2D eigenvalue weighted by Gasteiger charge is -2.02. The Labute approximate surface area is 155 Å². The Morgan fingerprint density at radius 3 is 2.70 bits per heavy atom. The van der Waals surface area contributed by atoms with Gasteiger partial charge in [-0.3, -0.25) is 4.79 Å². The smallest absolute Gasteiger partial charge is 0.220 e. The molecule has 0 aliphatic carbocycles. The molecule has 3 heterocycles. The van der Waals surface area contributed by atoms with Crippen LogP contribution in [0.25, 0.3) is 22.5 Å². The van der Waals surface area contributed by atoms with E-state index in [1.54, 1.807) is 6.07 Å². The average molecular weight is 365 g/mol. The molecule has 7 nitrogen and oxygen atoms in total. The molecule has 0 saturated carbocycles. The van der Waals surface area contributed by atoms with Crippen molar-refractivity contribution in [2.75, 3.05) is 0 Å². The molecular formula is C20H19N3O4. The largest absolute Gasteiger partial charge is 0.453 e. The van der Waals surface area contributed by atoms with Gasteiger partial charge in [0.2, 0.25) is 11.7 Å². The van der Waals surface area contributed by atoms with Crippen LogP contribution in [-0.4, -0.2) is 16.2 Å². The minimum atomic E-state index is -0.0664. The molecule has 27 heavy (non-hydrogen) atoms. The molecular weight excluding hydrogens is 346 g/mol. The van der Waals surface area contributed by atoms with Crippen LogP contribution < -0.4 is 5.32 Å². The molecule has 0 fully saturated rings. The summed E-state index contributed by atoms with van der Waals surface area (Å²) in [4.78, 5) is 12.1. The summed E-state index contributed by atoms with van der Waals surface area (Å²) in [5.74, 6) is 1.83. The first kappa shape index (κ1) is 17.1. The Hall–Kier alpha value is -3.35. The van der Waals surface area contributed by atoms with Gasteiger partial charge in [0, 0.05) is 23.4 Å². The van der Waals surface area contributed by atoms with Crippen LogP contribution in [0, 0.1) is 13.8 Å². The van der Waals surface area contributed by atoms with Gasteiger partial charge in [0.15, 0.2) is 5.76 Å². The third-order valence-electron chi connectivity index (χ3n) is 4.48. The number of nitrogens with zero attached hydrogens (tertiary/aromatic N) is 2. The van der Waals surface area contributed by atoms with Crippen molar-refractivity contribution in [2.45, 2.75) is 33.2 Å². The molecule has 4 rings (SSSR count). The number of fused-ring (bicyclic) bond motifs is 1. The quantitative estimate of drug-likeness (QED) is 0.556. The van der Waals surface area contributed by atoms with Crippen molar-refractivity contribution in [2.24, 2.45) is 0 Å². The van der Waals surface area contributed by atoms with Gasteiger partial charge in [-0.25, -0.2) is 0 Å². The maximum atomic E-state index is 12.1. The summed E-state index contributed by atoms with van der Waals surface area (Å²) in [5, 5.41) is 11.7. The first-order valence-electron chi connectivity index (χ1n) is 8.73. The van der Waals surface area contributed by atoms with Gasteiger partial charge in [-0.05, 0) is 32.4 Å². The molecule has 0 aliphatic heterocycles. The summed E-state index contributed by atoms with van der Waals surface area (Å²) >= 11 is 0. The third-order valence-corrected chi connectivity index (χ3v) is 4.48. The number of para-hydroxylation sites is 1. The Balaban J connectivity index is 1.34. The Bertz CT molecular complexity index is 1040. The van der Waals surface area contributed by atoms with Crippen LogP contribution in [0.15, 0.2) is 49.9 Å². The van der Waals surface area contributed by atoms with Gasteiger partial charge in [0.05, 0.1) is 12.2 Å². The molecule has 3 aromatic heterocycles. The molecule has 1 N–H and O–H groups in total. The second-order valence-electron chi connectivity index (χ2n) is 6.41. The normalized spacial score (nSPS) is 11.2. The van der Waals surface area contributed by atoms with Gasteiger partial charge in [0.25, 0.3) is 0 Å². The molecule has 138 valence electrons. The van der Waals surface area contributed by atoms with E-state index < -0.39 is 0 Å². The van der Waals surface area contributed by atoms with Crippen LogP contribution in [-0.2, 0) is 17.8 Å². The first-order chi connectivity index (χ1) is 13.1. The summed E-state index contributed by atoms with van der Waals surface area (Å²) in [6, 6.07) is 11.4. The van der Waals surface area contributed by atoms with E-state index in [1.165, 1.54) is 0 Å². The van der Waals surface area contributed by atoms with Crippen LogP contribution in [0.5, 0.6) is 0 Å². The first-order valence-corrected chi connectivity index (χ1v) is 8.73. The Kier molecular flexibility index (Phi) is 4.50. The molecule has 0 saturated heterocycles. The van der Waals surface area contributed by atoms with Crippen molar-refractivity contribution in [3.05, 3.63) is 59.1 Å². The molecule has 0 spiro atoms. The lowest BCUT2D eigenvalue weighted by atomic mass is 10.1. The number of rotatable bonds is 6. The number of aromatic nitrogens is 2. The minimum Gasteiger partial charge on any atom is -0.453 e. The van der Waals surface area contributed by atoms with E-state index in [-0.39, 0.29) is 5.91 Å². The SMILES string of the molecule is Cc1noc(C)c1CCC(=O)NCc1cc(-c2cc3ccccc3o2)on1. The fraction of sp³-hybridized carbons (Fsp3) is 0.250. The van der Waals surface area contributed by atoms with Crippen molar-refractivity contribution in [3.8, 4) is 11.5 Å². The van der Waals surface area contributed by atoms with Gasteiger partial charge in [0.1, 0.15) is 17.0 Å². The zero-order chi connectivity index (χ0) is 18.8. The molecule has 0 aliphatic rings. The van der Waals surface area contributed by atoms with Gasteiger partial charge in [-0.15, -0.1) is 0 Å². The van der Waals surface area contributed by atoms with Gasteiger partial charge in [-0.1, -0.05) is 28.5 Å². The monoisotopic (exact) mass is 365 g/mol. The van der Waals surface area contributed by atoms with Crippen molar-refractivity contribution >= 4 is 16.9 Å². The number of nitrogens with one attached hydrogen (secondary N) is 1. The van der Waals surface area contributed by atoms with Crippen molar-refractivity contribution in [3.63, 3.8) is 0 Å². The van der Waals surface area contributed by atoms with E-state index in [2.05, 4.69) is 15.6 Å². The third kappa shape index (κ3) is 3.62. The molecule has 0 unspecified atom stereocenters. The Morgan fingerprint density at radius 2 is 1.93 bits per heavy atom. The fourth-order valence-corrected chi connectivity index (χ4v) is 2.99. The molecule has 0 bridgehead atoms. The second kappa shape index (κ2) is 7.11. The maximum Gasteiger partial charge on any atom is 0.220 e. The van der Waals surface area contributed by atoms with E-state index >= 15 is 0 Å². The van der Waals surface area contributed by atoms with Crippen molar-refractivity contribution in [1.29, 1.82) is 0 Å². The molecule has 0 radical (unpaired) electrons. The average Bonchev–Trinajstić information content (AvgIpc) is 3.37. The van der Waals surface area contributed by atoms with Crippen LogP contribution in [0.3, 0.4) is 0 Å². The van der Waals surface area contributed by atoms with E-state index in [4.69, 9.17) is 13.5 Å². The fourth-order valence-electron chi connectivity index (χ4n) is 2.99. The number of aryl methyl sites for hydroxylation is 2. The highest BCUT2D eigenvalue weighted by atomic mass is 16.5. The summed E-state index contributed by atoms with van der Waals surface area (Å²) < 4.78 is 16.2.